The molecule has 0 unspecified atom stereocenters. The molecule has 1 aromatic rings. The van der Waals surface area contributed by atoms with E-state index in [9.17, 15) is 4.79 Å². The van der Waals surface area contributed by atoms with Crippen LogP contribution in [0.1, 0.15) is 33.3 Å². The number of anilines is 1. The van der Waals surface area contributed by atoms with Crippen LogP contribution >= 0.6 is 11.6 Å². The number of nitrogens with one attached hydrogen (secondary N) is 1. The monoisotopic (exact) mass is 397 g/mol. The maximum absolute atomic E-state index is 13.0. The van der Waals surface area contributed by atoms with E-state index in [1.165, 1.54) is 0 Å². The van der Waals surface area contributed by atoms with Gasteiger partial charge in [0.05, 0.1) is 0 Å². The molecule has 0 radical (unpaired) electrons. The second-order valence-electron chi connectivity index (χ2n) is 8.04. The zero-order valence-corrected chi connectivity index (χ0v) is 16.7. The normalized spacial score (nSPS) is 36.1. The first kappa shape index (κ1) is 19.1. The summed E-state index contributed by atoms with van der Waals surface area (Å²) in [4.78, 5) is 13.0. The van der Waals surface area contributed by atoms with Crippen LogP contribution in [-0.2, 0) is 28.5 Å². The quantitative estimate of drug-likeness (QED) is 0.826. The summed E-state index contributed by atoms with van der Waals surface area (Å²) in [5.74, 6) is -2.03. The molecule has 5 atom stereocenters. The molecule has 4 rings (SSSR count). The van der Waals surface area contributed by atoms with Crippen LogP contribution < -0.4 is 5.32 Å². The van der Waals surface area contributed by atoms with Gasteiger partial charge in [0.15, 0.2) is 24.0 Å². The molecule has 0 bridgehead atoms. The van der Waals surface area contributed by atoms with Crippen molar-refractivity contribution in [3.63, 3.8) is 0 Å². The molecule has 0 aromatic heterocycles. The van der Waals surface area contributed by atoms with Gasteiger partial charge >= 0.3 is 0 Å². The Balaban J connectivity index is 1.57. The number of carbonyl (C=O) groups is 1. The third-order valence-electron chi connectivity index (χ3n) is 4.85. The Morgan fingerprint density at radius 2 is 1.63 bits per heavy atom. The first-order chi connectivity index (χ1) is 12.5. The average Bonchev–Trinajstić information content (AvgIpc) is 3.04. The highest BCUT2D eigenvalue weighted by molar-refractivity contribution is 6.31. The standard InChI is InChI=1S/C19H24ClNO6/c1-9-6-7-10(8-11(9)20)21-16(22)14-12-13(25-18(2,3)24-12)15-17(23-14)27-19(4,5)26-15/h6-8,12-15,17H,1-5H3,(H,21,22)/t12-,13-,14+,15+,17-/m0/s1. The molecule has 3 fully saturated rings. The van der Waals surface area contributed by atoms with Gasteiger partial charge in [-0.1, -0.05) is 17.7 Å². The summed E-state index contributed by atoms with van der Waals surface area (Å²) in [5, 5.41) is 3.42. The van der Waals surface area contributed by atoms with Crippen LogP contribution in [0.15, 0.2) is 18.2 Å². The van der Waals surface area contributed by atoms with Gasteiger partial charge in [-0.2, -0.15) is 0 Å². The third-order valence-corrected chi connectivity index (χ3v) is 5.26. The fourth-order valence-electron chi connectivity index (χ4n) is 3.71. The summed E-state index contributed by atoms with van der Waals surface area (Å²) in [5.41, 5.74) is 1.51. The molecule has 27 heavy (non-hydrogen) atoms. The second-order valence-corrected chi connectivity index (χ2v) is 8.45. The lowest BCUT2D eigenvalue weighted by molar-refractivity contribution is -0.229. The SMILES string of the molecule is Cc1ccc(NC(=O)[C@@H]2O[C@H]3OC(C)(C)O[C@@H]3[C@H]3OC(C)(C)O[C@@H]32)cc1Cl. The topological polar surface area (TPSA) is 75.3 Å². The van der Waals surface area contributed by atoms with Crippen LogP contribution in [0.5, 0.6) is 0 Å². The molecule has 1 N–H and O–H groups in total. The van der Waals surface area contributed by atoms with Gasteiger partial charge in [0.2, 0.25) is 0 Å². The van der Waals surface area contributed by atoms with E-state index in [0.29, 0.717) is 10.7 Å². The van der Waals surface area contributed by atoms with Crippen LogP contribution in [0.25, 0.3) is 0 Å². The smallest absolute Gasteiger partial charge is 0.256 e. The number of benzene rings is 1. The number of fused-ring (bicyclic) bond motifs is 3. The maximum atomic E-state index is 13.0. The van der Waals surface area contributed by atoms with Crippen molar-refractivity contribution >= 4 is 23.2 Å². The minimum absolute atomic E-state index is 0.349. The summed E-state index contributed by atoms with van der Waals surface area (Å²) in [6.45, 7) is 9.10. The molecular weight excluding hydrogens is 374 g/mol. The highest BCUT2D eigenvalue weighted by atomic mass is 35.5. The van der Waals surface area contributed by atoms with Crippen LogP contribution in [0.4, 0.5) is 5.69 Å². The van der Waals surface area contributed by atoms with Crippen molar-refractivity contribution < 1.29 is 28.5 Å². The number of carbonyl (C=O) groups excluding carboxylic acids is 1. The minimum atomic E-state index is -0.907. The summed E-state index contributed by atoms with van der Waals surface area (Å²) in [7, 11) is 0. The lowest BCUT2D eigenvalue weighted by atomic mass is 9.98. The molecule has 3 heterocycles. The Morgan fingerprint density at radius 1 is 1.00 bits per heavy atom. The zero-order valence-electron chi connectivity index (χ0n) is 15.9. The van der Waals surface area contributed by atoms with E-state index in [4.69, 9.17) is 35.3 Å². The van der Waals surface area contributed by atoms with E-state index in [2.05, 4.69) is 5.32 Å². The Labute approximate surface area is 163 Å². The Kier molecular flexibility index (Phi) is 4.53. The molecule has 1 aromatic carbocycles. The Hall–Kier alpha value is -1.22. The summed E-state index contributed by atoms with van der Waals surface area (Å²) in [6.07, 6.45) is -3.17. The molecule has 1 amide bonds. The largest absolute Gasteiger partial charge is 0.342 e. The molecule has 0 saturated carbocycles. The molecule has 3 aliphatic rings. The van der Waals surface area contributed by atoms with Crippen molar-refractivity contribution in [1.82, 2.24) is 0 Å². The molecule has 0 spiro atoms. The lowest BCUT2D eigenvalue weighted by Gasteiger charge is -2.36. The van der Waals surface area contributed by atoms with Crippen LogP contribution in [0.3, 0.4) is 0 Å². The van der Waals surface area contributed by atoms with Gasteiger partial charge in [-0.05, 0) is 52.3 Å². The zero-order chi connectivity index (χ0) is 19.6. The van der Waals surface area contributed by atoms with Crippen molar-refractivity contribution in [2.45, 2.75) is 76.9 Å². The predicted octanol–water partition coefficient (Wildman–Crippen LogP) is 2.98. The van der Waals surface area contributed by atoms with Gasteiger partial charge in [0.25, 0.3) is 5.91 Å². The average molecular weight is 398 g/mol. The number of hydrogen-bond acceptors (Lipinski definition) is 6. The van der Waals surface area contributed by atoms with Crippen molar-refractivity contribution in [2.24, 2.45) is 0 Å². The van der Waals surface area contributed by atoms with E-state index >= 15 is 0 Å². The number of aryl methyl sites for hydroxylation is 1. The van der Waals surface area contributed by atoms with Crippen molar-refractivity contribution in [3.05, 3.63) is 28.8 Å². The van der Waals surface area contributed by atoms with Crippen molar-refractivity contribution in [3.8, 4) is 0 Å². The van der Waals surface area contributed by atoms with E-state index in [0.717, 1.165) is 5.56 Å². The highest BCUT2D eigenvalue weighted by Crippen LogP contribution is 2.44. The van der Waals surface area contributed by atoms with Crippen molar-refractivity contribution in [1.29, 1.82) is 0 Å². The van der Waals surface area contributed by atoms with E-state index in [-0.39, 0.29) is 5.91 Å². The number of ether oxygens (including phenoxy) is 5. The Morgan fingerprint density at radius 3 is 2.33 bits per heavy atom. The number of hydrogen-bond donors (Lipinski definition) is 1. The predicted molar refractivity (Wildman–Crippen MR) is 97.3 cm³/mol. The van der Waals surface area contributed by atoms with Crippen LogP contribution in [0, 0.1) is 6.92 Å². The van der Waals surface area contributed by atoms with Crippen molar-refractivity contribution in [2.75, 3.05) is 5.32 Å². The third kappa shape index (κ3) is 3.60. The van der Waals surface area contributed by atoms with Crippen LogP contribution in [-0.4, -0.2) is 48.2 Å². The van der Waals surface area contributed by atoms with Gasteiger partial charge in [0.1, 0.15) is 18.3 Å². The summed E-state index contributed by atoms with van der Waals surface area (Å²) in [6, 6.07) is 5.33. The second kappa shape index (κ2) is 6.40. The molecule has 8 heteroatoms. The number of amides is 1. The van der Waals surface area contributed by atoms with Gasteiger partial charge in [-0.25, -0.2) is 0 Å². The molecular formula is C19H24ClNO6. The van der Waals surface area contributed by atoms with E-state index < -0.39 is 42.3 Å². The first-order valence-corrected chi connectivity index (χ1v) is 9.36. The molecule has 148 valence electrons. The molecule has 3 aliphatic heterocycles. The van der Waals surface area contributed by atoms with Gasteiger partial charge in [-0.15, -0.1) is 0 Å². The highest BCUT2D eigenvalue weighted by Gasteiger charge is 2.62. The van der Waals surface area contributed by atoms with E-state index in [1.54, 1.807) is 39.8 Å². The van der Waals surface area contributed by atoms with Gasteiger partial charge in [0, 0.05) is 10.7 Å². The Bertz CT molecular complexity index is 767. The lowest BCUT2D eigenvalue weighted by Crippen LogP contribution is -2.58. The fourth-order valence-corrected chi connectivity index (χ4v) is 3.89. The van der Waals surface area contributed by atoms with Gasteiger partial charge < -0.3 is 29.0 Å². The number of halogens is 1. The molecule has 0 aliphatic carbocycles. The first-order valence-electron chi connectivity index (χ1n) is 8.98. The number of rotatable bonds is 2. The minimum Gasteiger partial charge on any atom is -0.342 e. The maximum Gasteiger partial charge on any atom is 0.256 e. The van der Waals surface area contributed by atoms with Gasteiger partial charge in [-0.3, -0.25) is 4.79 Å². The fraction of sp³-hybridized carbons (Fsp3) is 0.632. The summed E-state index contributed by atoms with van der Waals surface area (Å²) >= 11 is 6.15. The molecule has 3 saturated heterocycles. The summed E-state index contributed by atoms with van der Waals surface area (Å²) < 4.78 is 29.7. The molecule has 7 nitrogen and oxygen atoms in total. The van der Waals surface area contributed by atoms with Crippen LogP contribution in [0.2, 0.25) is 5.02 Å². The van der Waals surface area contributed by atoms with E-state index in [1.807, 2.05) is 13.0 Å².